The Hall–Kier alpha value is -2.95. The fraction of sp³-hybridized carbons (Fsp3) is 0.0625. The van der Waals surface area contributed by atoms with Gasteiger partial charge >= 0.3 is 0 Å². The number of pyridine rings is 2. The van der Waals surface area contributed by atoms with E-state index >= 15 is 0 Å². The number of fused-ring (bicyclic) bond motifs is 1. The van der Waals surface area contributed by atoms with E-state index in [4.69, 9.17) is 0 Å². The number of hydrogen-bond acceptors (Lipinski definition) is 4. The summed E-state index contributed by atoms with van der Waals surface area (Å²) in [6.45, 7) is 0.354. The van der Waals surface area contributed by atoms with Crippen LogP contribution in [0, 0.1) is 0 Å². The summed E-state index contributed by atoms with van der Waals surface area (Å²) < 4.78 is 0. The van der Waals surface area contributed by atoms with Gasteiger partial charge in [-0.25, -0.2) is 0 Å². The van der Waals surface area contributed by atoms with Crippen LogP contribution in [0.25, 0.3) is 10.9 Å². The van der Waals surface area contributed by atoms with E-state index in [9.17, 15) is 9.90 Å². The number of carbonyl (C=O) groups excluding carboxylic acids is 1. The number of rotatable bonds is 3. The molecule has 5 heteroatoms. The zero-order chi connectivity index (χ0) is 14.7. The highest BCUT2D eigenvalue weighted by atomic mass is 16.3. The molecule has 1 amide bonds. The van der Waals surface area contributed by atoms with Crippen molar-refractivity contribution >= 4 is 16.8 Å². The number of nitrogens with one attached hydrogen (secondary N) is 1. The van der Waals surface area contributed by atoms with Crippen molar-refractivity contribution in [1.82, 2.24) is 15.3 Å². The third kappa shape index (κ3) is 2.67. The first kappa shape index (κ1) is 13.1. The van der Waals surface area contributed by atoms with Crippen LogP contribution in [-0.4, -0.2) is 21.0 Å². The van der Waals surface area contributed by atoms with Crippen molar-refractivity contribution in [1.29, 1.82) is 0 Å². The summed E-state index contributed by atoms with van der Waals surface area (Å²) >= 11 is 0. The molecule has 0 unspecified atom stereocenters. The van der Waals surface area contributed by atoms with E-state index in [1.54, 1.807) is 42.9 Å². The van der Waals surface area contributed by atoms with Crippen LogP contribution in [0.15, 0.2) is 55.0 Å². The molecule has 2 heterocycles. The molecule has 0 radical (unpaired) electrons. The van der Waals surface area contributed by atoms with Crippen molar-refractivity contribution < 1.29 is 9.90 Å². The first-order valence-electron chi connectivity index (χ1n) is 6.49. The van der Waals surface area contributed by atoms with Crippen molar-refractivity contribution in [2.45, 2.75) is 6.54 Å². The number of amides is 1. The average Bonchev–Trinajstić information content (AvgIpc) is 2.54. The van der Waals surface area contributed by atoms with Crippen molar-refractivity contribution in [3.05, 3.63) is 66.1 Å². The number of phenolic OH excluding ortho intramolecular Hbond substituents is 1. The van der Waals surface area contributed by atoms with Gasteiger partial charge in [-0.2, -0.15) is 0 Å². The third-order valence-electron chi connectivity index (χ3n) is 3.17. The third-order valence-corrected chi connectivity index (χ3v) is 3.17. The SMILES string of the molecule is O=C(NCc1cccnc1)c1ccc2cccnc2c1O. The lowest BCUT2D eigenvalue weighted by molar-refractivity contribution is 0.0948. The predicted molar refractivity (Wildman–Crippen MR) is 78.8 cm³/mol. The van der Waals surface area contributed by atoms with Crippen LogP contribution >= 0.6 is 0 Å². The number of aromatic hydroxyl groups is 1. The Morgan fingerprint density at radius 2 is 2.00 bits per heavy atom. The monoisotopic (exact) mass is 279 g/mol. The Labute approximate surface area is 121 Å². The van der Waals surface area contributed by atoms with Crippen molar-refractivity contribution in [3.63, 3.8) is 0 Å². The van der Waals surface area contributed by atoms with Crippen LogP contribution in [-0.2, 0) is 6.54 Å². The van der Waals surface area contributed by atoms with Crippen molar-refractivity contribution in [2.75, 3.05) is 0 Å². The predicted octanol–water partition coefficient (Wildman–Crippen LogP) is 2.27. The molecule has 0 aliphatic rings. The van der Waals surface area contributed by atoms with E-state index in [0.29, 0.717) is 12.1 Å². The van der Waals surface area contributed by atoms with Gasteiger partial charge in [-0.15, -0.1) is 0 Å². The Balaban J connectivity index is 1.83. The van der Waals surface area contributed by atoms with Gasteiger partial charge in [-0.1, -0.05) is 18.2 Å². The van der Waals surface area contributed by atoms with E-state index in [1.165, 1.54) is 0 Å². The summed E-state index contributed by atoms with van der Waals surface area (Å²) in [5.41, 5.74) is 1.53. The number of phenols is 1. The number of carbonyl (C=O) groups is 1. The molecule has 1 aromatic carbocycles. The summed E-state index contributed by atoms with van der Waals surface area (Å²) in [6.07, 6.45) is 4.94. The van der Waals surface area contributed by atoms with Crippen LogP contribution in [0.2, 0.25) is 0 Å². The lowest BCUT2D eigenvalue weighted by Crippen LogP contribution is -2.23. The second-order valence-corrected chi connectivity index (χ2v) is 4.58. The number of aromatic nitrogens is 2. The summed E-state index contributed by atoms with van der Waals surface area (Å²) in [7, 11) is 0. The minimum absolute atomic E-state index is 0.100. The molecule has 0 saturated carbocycles. The maximum Gasteiger partial charge on any atom is 0.255 e. The Morgan fingerprint density at radius 3 is 2.81 bits per heavy atom. The zero-order valence-electron chi connectivity index (χ0n) is 11.2. The molecular weight excluding hydrogens is 266 g/mol. The Morgan fingerprint density at radius 1 is 1.14 bits per heavy atom. The van der Waals surface area contributed by atoms with Gasteiger partial charge in [0, 0.05) is 30.5 Å². The largest absolute Gasteiger partial charge is 0.505 e. The molecule has 0 fully saturated rings. The molecule has 0 spiro atoms. The van der Waals surface area contributed by atoms with E-state index < -0.39 is 0 Å². The van der Waals surface area contributed by atoms with E-state index in [1.807, 2.05) is 12.1 Å². The molecule has 2 N–H and O–H groups in total. The van der Waals surface area contributed by atoms with Gasteiger partial charge in [0.25, 0.3) is 5.91 Å². The Kier molecular flexibility index (Phi) is 3.47. The summed E-state index contributed by atoms with van der Waals surface area (Å²) in [5, 5.41) is 13.7. The molecule has 0 saturated heterocycles. The van der Waals surface area contributed by atoms with E-state index in [-0.39, 0.29) is 17.2 Å². The molecule has 0 atom stereocenters. The van der Waals surface area contributed by atoms with E-state index in [2.05, 4.69) is 15.3 Å². The van der Waals surface area contributed by atoms with Crippen LogP contribution in [0.4, 0.5) is 0 Å². The summed E-state index contributed by atoms with van der Waals surface area (Å²) in [4.78, 5) is 20.2. The number of hydrogen-bond donors (Lipinski definition) is 2. The van der Waals surface area contributed by atoms with Gasteiger partial charge < -0.3 is 10.4 Å². The normalized spacial score (nSPS) is 10.5. The average molecular weight is 279 g/mol. The highest BCUT2D eigenvalue weighted by Gasteiger charge is 2.14. The summed E-state index contributed by atoms with van der Waals surface area (Å²) in [6, 6.07) is 10.6. The lowest BCUT2D eigenvalue weighted by Gasteiger charge is -2.08. The molecule has 5 nitrogen and oxygen atoms in total. The minimum Gasteiger partial charge on any atom is -0.505 e. The molecule has 3 aromatic rings. The maximum atomic E-state index is 12.2. The molecule has 3 rings (SSSR count). The molecule has 21 heavy (non-hydrogen) atoms. The zero-order valence-corrected chi connectivity index (χ0v) is 11.2. The topological polar surface area (TPSA) is 75.1 Å². The van der Waals surface area contributed by atoms with Gasteiger partial charge in [0.2, 0.25) is 0 Å². The van der Waals surface area contributed by atoms with Gasteiger partial charge in [0.05, 0.1) is 5.56 Å². The van der Waals surface area contributed by atoms with Crippen LogP contribution in [0.3, 0.4) is 0 Å². The number of benzene rings is 1. The van der Waals surface area contributed by atoms with Crippen LogP contribution in [0.5, 0.6) is 5.75 Å². The molecule has 0 bridgehead atoms. The maximum absolute atomic E-state index is 12.2. The smallest absolute Gasteiger partial charge is 0.255 e. The van der Waals surface area contributed by atoms with Gasteiger partial charge in [-0.05, 0) is 23.8 Å². The Bertz CT molecular complexity index is 788. The van der Waals surface area contributed by atoms with Crippen molar-refractivity contribution in [2.24, 2.45) is 0 Å². The van der Waals surface area contributed by atoms with Gasteiger partial charge in [0.1, 0.15) is 5.52 Å². The van der Waals surface area contributed by atoms with Crippen LogP contribution in [0.1, 0.15) is 15.9 Å². The highest BCUT2D eigenvalue weighted by Crippen LogP contribution is 2.26. The first-order chi connectivity index (χ1) is 10.3. The van der Waals surface area contributed by atoms with Crippen LogP contribution < -0.4 is 5.32 Å². The summed E-state index contributed by atoms with van der Waals surface area (Å²) in [5.74, 6) is -0.444. The minimum atomic E-state index is -0.344. The van der Waals surface area contributed by atoms with E-state index in [0.717, 1.165) is 10.9 Å². The first-order valence-corrected chi connectivity index (χ1v) is 6.49. The fourth-order valence-electron chi connectivity index (χ4n) is 2.09. The van der Waals surface area contributed by atoms with Crippen molar-refractivity contribution in [3.8, 4) is 5.75 Å². The molecular formula is C16H13N3O2. The highest BCUT2D eigenvalue weighted by molar-refractivity contribution is 6.02. The quantitative estimate of drug-likeness (QED) is 0.771. The number of nitrogens with zero attached hydrogens (tertiary/aromatic N) is 2. The second-order valence-electron chi connectivity index (χ2n) is 4.58. The van der Waals surface area contributed by atoms with Gasteiger partial charge in [0.15, 0.2) is 5.75 Å². The molecule has 104 valence electrons. The molecule has 0 aliphatic carbocycles. The molecule has 2 aromatic heterocycles. The lowest BCUT2D eigenvalue weighted by atomic mass is 10.1. The standard InChI is InChI=1S/C16H13N3O2/c20-15-13(6-5-12-4-2-8-18-14(12)15)16(21)19-10-11-3-1-7-17-9-11/h1-9,20H,10H2,(H,19,21). The second kappa shape index (κ2) is 5.58. The molecule has 0 aliphatic heterocycles. The fourth-order valence-corrected chi connectivity index (χ4v) is 2.09. The van der Waals surface area contributed by atoms with Gasteiger partial charge in [-0.3, -0.25) is 14.8 Å².